The number of anilines is 1. The normalized spacial score (nSPS) is 19.3. The van der Waals surface area contributed by atoms with Crippen LogP contribution in [0.25, 0.3) is 0 Å². The molecule has 1 saturated heterocycles. The first-order valence-electron chi connectivity index (χ1n) is 4.77. The van der Waals surface area contributed by atoms with E-state index in [-0.39, 0.29) is 12.2 Å². The highest BCUT2D eigenvalue weighted by molar-refractivity contribution is 7.99. The summed E-state index contributed by atoms with van der Waals surface area (Å²) < 4.78 is 5.01. The van der Waals surface area contributed by atoms with Crippen molar-refractivity contribution in [2.45, 2.75) is 11.0 Å². The van der Waals surface area contributed by atoms with Crippen molar-refractivity contribution in [1.29, 1.82) is 0 Å². The number of rotatable bonds is 3. The number of nitrogens with one attached hydrogen (secondary N) is 1. The molecular weight excluding hydrogens is 248 g/mol. The van der Waals surface area contributed by atoms with Crippen molar-refractivity contribution < 1.29 is 9.53 Å². The number of thioether (sulfide) groups is 1. The minimum atomic E-state index is -0.353. The Balaban J connectivity index is 1.92. The van der Waals surface area contributed by atoms with Crippen LogP contribution in [-0.2, 0) is 4.74 Å². The molecule has 1 atom stereocenters. The Hall–Kier alpha value is -1.07. The number of alkyl carbamates (subject to hydrolysis) is 1. The van der Waals surface area contributed by atoms with Crippen LogP contribution in [0.1, 0.15) is 0 Å². The summed E-state index contributed by atoms with van der Waals surface area (Å²) in [6.07, 6.45) is -0.444. The van der Waals surface area contributed by atoms with E-state index in [9.17, 15) is 4.79 Å². The van der Waals surface area contributed by atoms with Gasteiger partial charge in [-0.3, -0.25) is 0 Å². The second-order valence-electron chi connectivity index (χ2n) is 3.41. The Morgan fingerprint density at radius 3 is 3.06 bits per heavy atom. The van der Waals surface area contributed by atoms with Gasteiger partial charge in [-0.05, 0) is 18.2 Å². The molecule has 0 radical (unpaired) electrons. The van der Waals surface area contributed by atoms with Crippen molar-refractivity contribution in [3.8, 4) is 0 Å². The van der Waals surface area contributed by atoms with Gasteiger partial charge in [-0.2, -0.15) is 0 Å². The molecule has 4 nitrogen and oxygen atoms in total. The average molecular weight is 259 g/mol. The molecule has 0 spiro atoms. The van der Waals surface area contributed by atoms with Gasteiger partial charge in [0.2, 0.25) is 0 Å². The summed E-state index contributed by atoms with van der Waals surface area (Å²) in [4.78, 5) is 11.7. The lowest BCUT2D eigenvalue weighted by molar-refractivity contribution is 0.150. The Labute approximate surface area is 102 Å². The summed E-state index contributed by atoms with van der Waals surface area (Å²) in [5.41, 5.74) is 6.23. The molecular formula is C10H11ClN2O2S. The lowest BCUT2D eigenvalue weighted by Crippen LogP contribution is -2.16. The van der Waals surface area contributed by atoms with Crippen LogP contribution in [0.3, 0.4) is 0 Å². The lowest BCUT2D eigenvalue weighted by Gasteiger charge is -2.08. The topological polar surface area (TPSA) is 64.3 Å². The molecule has 1 unspecified atom stereocenters. The molecule has 16 heavy (non-hydrogen) atoms. The van der Waals surface area contributed by atoms with Crippen molar-refractivity contribution in [3.05, 3.63) is 23.2 Å². The number of carbonyl (C=O) groups excluding carboxylic acids is 1. The van der Waals surface area contributed by atoms with Gasteiger partial charge in [0, 0.05) is 16.3 Å². The van der Waals surface area contributed by atoms with Crippen molar-refractivity contribution >= 4 is 35.1 Å². The maximum absolute atomic E-state index is 10.8. The molecule has 0 saturated carbocycles. The molecule has 0 bridgehead atoms. The molecule has 0 aromatic heterocycles. The molecule has 1 aliphatic rings. The molecule has 1 aromatic carbocycles. The largest absolute Gasteiger partial charge is 0.443 e. The zero-order chi connectivity index (χ0) is 11.5. The standard InChI is InChI=1S/C10H11ClN2O2S/c11-8-3-6(12)1-2-9(8)16-5-7-4-13-10(14)15-7/h1-3,7H,4-5,12H2,(H,13,14). The fourth-order valence-electron chi connectivity index (χ4n) is 1.34. The molecule has 2 rings (SSSR count). The Morgan fingerprint density at radius 1 is 1.62 bits per heavy atom. The Morgan fingerprint density at radius 2 is 2.44 bits per heavy atom. The number of halogens is 1. The number of hydrogen-bond donors (Lipinski definition) is 2. The van der Waals surface area contributed by atoms with Crippen LogP contribution in [0, 0.1) is 0 Å². The summed E-state index contributed by atoms with van der Waals surface area (Å²) in [5.74, 6) is 0.683. The van der Waals surface area contributed by atoms with E-state index in [1.165, 1.54) is 0 Å². The van der Waals surface area contributed by atoms with Crippen LogP contribution in [0.15, 0.2) is 23.1 Å². The maximum atomic E-state index is 10.8. The SMILES string of the molecule is Nc1ccc(SCC2CNC(=O)O2)c(Cl)c1. The number of hydrogen-bond acceptors (Lipinski definition) is 4. The second kappa shape index (κ2) is 4.84. The molecule has 6 heteroatoms. The van der Waals surface area contributed by atoms with E-state index in [0.717, 1.165) is 4.90 Å². The van der Waals surface area contributed by atoms with Gasteiger partial charge in [-0.25, -0.2) is 4.79 Å². The quantitative estimate of drug-likeness (QED) is 0.644. The van der Waals surface area contributed by atoms with E-state index in [2.05, 4.69) is 5.32 Å². The molecule has 1 fully saturated rings. The molecule has 3 N–H and O–H groups in total. The van der Waals surface area contributed by atoms with E-state index < -0.39 is 0 Å². The molecule has 0 aliphatic carbocycles. The third-order valence-electron chi connectivity index (χ3n) is 2.13. The predicted molar refractivity (Wildman–Crippen MR) is 64.9 cm³/mol. The number of nitrogens with two attached hydrogens (primary N) is 1. The minimum absolute atomic E-state index is 0.0916. The number of amides is 1. The summed E-state index contributed by atoms with van der Waals surface area (Å²) in [6, 6.07) is 5.38. The first kappa shape index (κ1) is 11.4. The van der Waals surface area contributed by atoms with Gasteiger partial charge in [0.05, 0.1) is 11.6 Å². The highest BCUT2D eigenvalue weighted by atomic mass is 35.5. The van der Waals surface area contributed by atoms with Crippen molar-refractivity contribution in [2.75, 3.05) is 18.0 Å². The van der Waals surface area contributed by atoms with Crippen LogP contribution in [0.2, 0.25) is 5.02 Å². The van der Waals surface area contributed by atoms with Gasteiger partial charge in [0.15, 0.2) is 0 Å². The van der Waals surface area contributed by atoms with E-state index in [1.54, 1.807) is 23.9 Å². The van der Waals surface area contributed by atoms with Crippen LogP contribution < -0.4 is 11.1 Å². The van der Waals surface area contributed by atoms with Crippen molar-refractivity contribution in [2.24, 2.45) is 0 Å². The zero-order valence-corrected chi connectivity index (χ0v) is 9.98. The molecule has 86 valence electrons. The summed E-state index contributed by atoms with van der Waals surface area (Å²) in [5, 5.41) is 3.23. The highest BCUT2D eigenvalue weighted by Gasteiger charge is 2.22. The van der Waals surface area contributed by atoms with Gasteiger partial charge in [0.1, 0.15) is 6.10 Å². The smallest absolute Gasteiger partial charge is 0.407 e. The van der Waals surface area contributed by atoms with Crippen LogP contribution in [-0.4, -0.2) is 24.5 Å². The van der Waals surface area contributed by atoms with E-state index >= 15 is 0 Å². The Kier molecular flexibility index (Phi) is 3.46. The summed E-state index contributed by atoms with van der Waals surface area (Å²) in [7, 11) is 0. The first-order valence-corrected chi connectivity index (χ1v) is 6.14. The van der Waals surface area contributed by atoms with E-state index in [1.807, 2.05) is 6.07 Å². The average Bonchev–Trinajstić information content (AvgIpc) is 2.63. The van der Waals surface area contributed by atoms with E-state index in [4.69, 9.17) is 22.1 Å². The van der Waals surface area contributed by atoms with Gasteiger partial charge in [-0.15, -0.1) is 11.8 Å². The van der Waals surface area contributed by atoms with Crippen molar-refractivity contribution in [1.82, 2.24) is 5.32 Å². The lowest BCUT2D eigenvalue weighted by atomic mass is 10.3. The molecule has 1 aromatic rings. The van der Waals surface area contributed by atoms with Gasteiger partial charge in [0.25, 0.3) is 0 Å². The van der Waals surface area contributed by atoms with Crippen molar-refractivity contribution in [3.63, 3.8) is 0 Å². The number of benzene rings is 1. The van der Waals surface area contributed by atoms with Gasteiger partial charge < -0.3 is 15.8 Å². The number of ether oxygens (including phenoxy) is 1. The second-order valence-corrected chi connectivity index (χ2v) is 4.88. The predicted octanol–water partition coefficient (Wildman–Crippen LogP) is 2.12. The number of carbonyl (C=O) groups is 1. The van der Waals surface area contributed by atoms with Crippen LogP contribution >= 0.6 is 23.4 Å². The van der Waals surface area contributed by atoms with Gasteiger partial charge >= 0.3 is 6.09 Å². The zero-order valence-electron chi connectivity index (χ0n) is 8.40. The summed E-state index contributed by atoms with van der Waals surface area (Å²) in [6.45, 7) is 0.554. The fourth-order valence-corrected chi connectivity index (χ4v) is 2.61. The summed E-state index contributed by atoms with van der Waals surface area (Å²) >= 11 is 7.57. The third-order valence-corrected chi connectivity index (χ3v) is 3.76. The van der Waals surface area contributed by atoms with Gasteiger partial charge in [-0.1, -0.05) is 11.6 Å². The minimum Gasteiger partial charge on any atom is -0.443 e. The highest BCUT2D eigenvalue weighted by Crippen LogP contribution is 2.29. The Bertz CT molecular complexity index is 414. The monoisotopic (exact) mass is 258 g/mol. The van der Waals surface area contributed by atoms with Crippen LogP contribution in [0.4, 0.5) is 10.5 Å². The fraction of sp³-hybridized carbons (Fsp3) is 0.300. The molecule has 1 heterocycles. The number of cyclic esters (lactones) is 1. The first-order chi connectivity index (χ1) is 7.65. The maximum Gasteiger partial charge on any atom is 0.407 e. The van der Waals surface area contributed by atoms with Crippen LogP contribution in [0.5, 0.6) is 0 Å². The third kappa shape index (κ3) is 2.74. The number of nitrogen functional groups attached to an aromatic ring is 1. The molecule has 1 aliphatic heterocycles. The van der Waals surface area contributed by atoms with E-state index in [0.29, 0.717) is 23.0 Å². The molecule has 1 amide bonds.